The zero-order chi connectivity index (χ0) is 12.5. The van der Waals surface area contributed by atoms with E-state index in [-0.39, 0.29) is 12.4 Å². The topological polar surface area (TPSA) is 3.24 Å². The van der Waals surface area contributed by atoms with Crippen molar-refractivity contribution in [3.8, 4) is 0 Å². The van der Waals surface area contributed by atoms with Gasteiger partial charge in [-0.25, -0.2) is 0 Å². The third-order valence-corrected chi connectivity index (χ3v) is 3.02. The van der Waals surface area contributed by atoms with Crippen LogP contribution in [0.3, 0.4) is 0 Å². The molecule has 1 aromatic carbocycles. The van der Waals surface area contributed by atoms with E-state index in [1.807, 2.05) is 12.2 Å². The van der Waals surface area contributed by atoms with Crippen molar-refractivity contribution in [3.05, 3.63) is 61.2 Å². The van der Waals surface area contributed by atoms with E-state index in [2.05, 4.69) is 55.4 Å². The first-order valence-electron chi connectivity index (χ1n) is 6.23. The highest BCUT2D eigenvalue weighted by Crippen LogP contribution is 2.23. The first kappa shape index (κ1) is 16.9. The van der Waals surface area contributed by atoms with E-state index in [0.29, 0.717) is 5.92 Å². The summed E-state index contributed by atoms with van der Waals surface area (Å²) < 4.78 is 0. The number of likely N-dealkylation sites (N-methyl/N-ethyl adjacent to an activating group) is 1. The molecule has 0 amide bonds. The number of hydrogen-bond donors (Lipinski definition) is 0. The molecule has 0 aromatic heterocycles. The second kappa shape index (κ2) is 9.93. The van der Waals surface area contributed by atoms with Gasteiger partial charge in [-0.15, -0.1) is 25.6 Å². The number of nitrogens with zero attached hydrogens (tertiary/aromatic N) is 1. The molecule has 0 heterocycles. The minimum atomic E-state index is 0. The number of allylic oxidation sites excluding steroid dienone is 1. The van der Waals surface area contributed by atoms with Crippen molar-refractivity contribution in [2.45, 2.75) is 18.8 Å². The van der Waals surface area contributed by atoms with Gasteiger partial charge in [0.2, 0.25) is 0 Å². The van der Waals surface area contributed by atoms with Crippen molar-refractivity contribution < 1.29 is 0 Å². The third kappa shape index (κ3) is 6.04. The Hall–Kier alpha value is -1.05. The fourth-order valence-electron chi connectivity index (χ4n) is 2.03. The molecule has 0 N–H and O–H groups in total. The Morgan fingerprint density at radius 1 is 1.17 bits per heavy atom. The van der Waals surface area contributed by atoms with E-state index in [4.69, 9.17) is 0 Å². The summed E-state index contributed by atoms with van der Waals surface area (Å²) in [5.41, 5.74) is 1.42. The van der Waals surface area contributed by atoms with Crippen LogP contribution in [0.5, 0.6) is 0 Å². The van der Waals surface area contributed by atoms with Gasteiger partial charge in [-0.2, -0.15) is 0 Å². The van der Waals surface area contributed by atoms with Crippen molar-refractivity contribution in [2.24, 2.45) is 0 Å². The highest BCUT2D eigenvalue weighted by molar-refractivity contribution is 5.85. The average Bonchev–Trinajstić information content (AvgIpc) is 2.36. The van der Waals surface area contributed by atoms with Gasteiger partial charge in [0.15, 0.2) is 0 Å². The van der Waals surface area contributed by atoms with Gasteiger partial charge in [0.1, 0.15) is 0 Å². The standard InChI is InChI=1S/C16H23N.ClH/c1-4-9-15(12-14-17(3)13-5-2)16-10-7-6-8-11-16;/h4-8,10-11,15H,1-2,9,12-14H2,3H3;1H. The van der Waals surface area contributed by atoms with Crippen LogP contribution in [0, 0.1) is 0 Å². The van der Waals surface area contributed by atoms with Gasteiger partial charge < -0.3 is 4.90 Å². The quantitative estimate of drug-likeness (QED) is 0.635. The largest absolute Gasteiger partial charge is 0.303 e. The molecule has 1 nitrogen and oxygen atoms in total. The van der Waals surface area contributed by atoms with Crippen LogP contribution in [0.15, 0.2) is 55.6 Å². The van der Waals surface area contributed by atoms with Crippen LogP contribution < -0.4 is 0 Å². The Morgan fingerprint density at radius 3 is 2.39 bits per heavy atom. The summed E-state index contributed by atoms with van der Waals surface area (Å²) >= 11 is 0. The Kier molecular flexibility index (Phi) is 9.35. The van der Waals surface area contributed by atoms with E-state index in [9.17, 15) is 0 Å². The molecule has 0 bridgehead atoms. The molecule has 0 aliphatic carbocycles. The maximum atomic E-state index is 3.86. The number of benzene rings is 1. The Morgan fingerprint density at radius 2 is 1.83 bits per heavy atom. The van der Waals surface area contributed by atoms with Gasteiger partial charge in [0, 0.05) is 6.54 Å². The first-order valence-corrected chi connectivity index (χ1v) is 6.23. The minimum Gasteiger partial charge on any atom is -0.303 e. The lowest BCUT2D eigenvalue weighted by Gasteiger charge is -2.20. The summed E-state index contributed by atoms with van der Waals surface area (Å²) in [7, 11) is 2.14. The maximum absolute atomic E-state index is 3.86. The Labute approximate surface area is 118 Å². The lowest BCUT2D eigenvalue weighted by Crippen LogP contribution is -2.21. The number of rotatable bonds is 8. The zero-order valence-corrected chi connectivity index (χ0v) is 12.0. The fourth-order valence-corrected chi connectivity index (χ4v) is 2.03. The Bertz CT molecular complexity index is 334. The van der Waals surface area contributed by atoms with Gasteiger partial charge in [-0.05, 0) is 37.9 Å². The van der Waals surface area contributed by atoms with Crippen molar-refractivity contribution in [2.75, 3.05) is 20.1 Å². The van der Waals surface area contributed by atoms with Crippen LogP contribution in [0.25, 0.3) is 0 Å². The van der Waals surface area contributed by atoms with Crippen LogP contribution in [-0.4, -0.2) is 25.0 Å². The molecule has 1 atom stereocenters. The molecule has 0 saturated heterocycles. The predicted octanol–water partition coefficient (Wildman–Crippen LogP) is 4.28. The fraction of sp³-hybridized carbons (Fsp3) is 0.375. The van der Waals surface area contributed by atoms with Crippen molar-refractivity contribution >= 4 is 12.4 Å². The molecule has 18 heavy (non-hydrogen) atoms. The monoisotopic (exact) mass is 265 g/mol. The second-order valence-corrected chi connectivity index (χ2v) is 4.47. The van der Waals surface area contributed by atoms with Crippen LogP contribution in [-0.2, 0) is 0 Å². The van der Waals surface area contributed by atoms with Gasteiger partial charge in [-0.3, -0.25) is 0 Å². The SMILES string of the molecule is C=CCC(CCN(C)CC=C)c1ccccc1.Cl. The molecule has 0 spiro atoms. The van der Waals surface area contributed by atoms with Gasteiger partial charge in [-0.1, -0.05) is 42.5 Å². The summed E-state index contributed by atoms with van der Waals surface area (Å²) in [6.45, 7) is 9.67. The highest BCUT2D eigenvalue weighted by atomic mass is 35.5. The summed E-state index contributed by atoms with van der Waals surface area (Å²) in [6, 6.07) is 10.7. The lowest BCUT2D eigenvalue weighted by atomic mass is 9.92. The summed E-state index contributed by atoms with van der Waals surface area (Å²) in [5.74, 6) is 0.584. The molecule has 0 aliphatic heterocycles. The molecular formula is C16H24ClN. The molecule has 0 radical (unpaired) electrons. The van der Waals surface area contributed by atoms with Crippen LogP contribution >= 0.6 is 12.4 Å². The van der Waals surface area contributed by atoms with E-state index in [1.54, 1.807) is 0 Å². The van der Waals surface area contributed by atoms with Gasteiger partial charge >= 0.3 is 0 Å². The normalized spacial score (nSPS) is 11.7. The Balaban J connectivity index is 0.00000289. The lowest BCUT2D eigenvalue weighted by molar-refractivity contribution is 0.349. The molecule has 100 valence electrons. The van der Waals surface area contributed by atoms with Crippen molar-refractivity contribution in [1.82, 2.24) is 4.90 Å². The van der Waals surface area contributed by atoms with Crippen molar-refractivity contribution in [3.63, 3.8) is 0 Å². The van der Waals surface area contributed by atoms with Gasteiger partial charge in [0.05, 0.1) is 0 Å². The molecule has 0 saturated carbocycles. The predicted molar refractivity (Wildman–Crippen MR) is 83.6 cm³/mol. The maximum Gasteiger partial charge on any atom is 0.0157 e. The van der Waals surface area contributed by atoms with Crippen LogP contribution in [0.2, 0.25) is 0 Å². The number of halogens is 1. The molecular weight excluding hydrogens is 242 g/mol. The van der Waals surface area contributed by atoms with Crippen LogP contribution in [0.4, 0.5) is 0 Å². The molecule has 0 aliphatic rings. The zero-order valence-electron chi connectivity index (χ0n) is 11.2. The highest BCUT2D eigenvalue weighted by Gasteiger charge is 2.10. The van der Waals surface area contributed by atoms with E-state index in [0.717, 1.165) is 19.5 Å². The van der Waals surface area contributed by atoms with Gasteiger partial charge in [0.25, 0.3) is 0 Å². The second-order valence-electron chi connectivity index (χ2n) is 4.47. The smallest absolute Gasteiger partial charge is 0.0157 e. The molecule has 1 unspecified atom stereocenters. The molecule has 0 fully saturated rings. The number of hydrogen-bond acceptors (Lipinski definition) is 1. The molecule has 1 rings (SSSR count). The molecule has 1 aromatic rings. The average molecular weight is 266 g/mol. The minimum absolute atomic E-state index is 0. The van der Waals surface area contributed by atoms with E-state index in [1.165, 1.54) is 12.0 Å². The van der Waals surface area contributed by atoms with Crippen molar-refractivity contribution in [1.29, 1.82) is 0 Å². The summed E-state index contributed by atoms with van der Waals surface area (Å²) in [5, 5.41) is 0. The summed E-state index contributed by atoms with van der Waals surface area (Å²) in [6.07, 6.45) is 6.18. The third-order valence-electron chi connectivity index (χ3n) is 3.02. The van der Waals surface area contributed by atoms with E-state index >= 15 is 0 Å². The van der Waals surface area contributed by atoms with E-state index < -0.39 is 0 Å². The van der Waals surface area contributed by atoms with Crippen LogP contribution in [0.1, 0.15) is 24.3 Å². The first-order chi connectivity index (χ1) is 8.27. The summed E-state index contributed by atoms with van der Waals surface area (Å²) in [4.78, 5) is 2.30. The molecule has 2 heteroatoms.